The van der Waals surface area contributed by atoms with Crippen molar-refractivity contribution in [3.8, 4) is 0 Å². The fourth-order valence-electron chi connectivity index (χ4n) is 4.18. The number of nitrogens with two attached hydrogens (primary N) is 1. The summed E-state index contributed by atoms with van der Waals surface area (Å²) in [4.78, 5) is 16.2. The molecule has 3 aromatic rings. The van der Waals surface area contributed by atoms with Crippen molar-refractivity contribution in [2.24, 2.45) is 11.7 Å². The van der Waals surface area contributed by atoms with Crippen LogP contribution in [0.5, 0.6) is 0 Å². The third kappa shape index (κ3) is 5.25. The van der Waals surface area contributed by atoms with Crippen molar-refractivity contribution < 1.29 is 35.5 Å². The lowest BCUT2D eigenvalue weighted by Crippen LogP contribution is -2.34. The molecule has 2 atom stereocenters. The molecule has 1 aromatic carbocycles. The van der Waals surface area contributed by atoms with Crippen molar-refractivity contribution in [1.29, 1.82) is 0 Å². The number of hydrogen-bond donors (Lipinski definition) is 2. The summed E-state index contributed by atoms with van der Waals surface area (Å²) in [5.74, 6) is -1.47. The number of benzene rings is 1. The van der Waals surface area contributed by atoms with E-state index in [1.54, 1.807) is 0 Å². The van der Waals surface area contributed by atoms with Gasteiger partial charge in [-0.2, -0.15) is 36.0 Å². The number of carbonyl (C=O) groups excluding carboxylic acids is 1. The summed E-state index contributed by atoms with van der Waals surface area (Å²) >= 11 is 0. The van der Waals surface area contributed by atoms with Gasteiger partial charge in [0, 0.05) is 37.7 Å². The van der Waals surface area contributed by atoms with Crippen molar-refractivity contribution in [2.75, 3.05) is 25.0 Å². The van der Waals surface area contributed by atoms with E-state index in [4.69, 9.17) is 5.73 Å². The number of carbonyl (C=O) groups is 1. The van der Waals surface area contributed by atoms with Gasteiger partial charge in [0.2, 0.25) is 0 Å². The Morgan fingerprint density at radius 3 is 2.31 bits per heavy atom. The van der Waals surface area contributed by atoms with Crippen molar-refractivity contribution in [2.45, 2.75) is 24.7 Å². The number of rotatable bonds is 5. The van der Waals surface area contributed by atoms with E-state index in [1.807, 2.05) is 0 Å². The summed E-state index contributed by atoms with van der Waals surface area (Å²) in [6, 6.07) is 5.84. The average molecular weight is 504 g/mol. The maximum Gasteiger partial charge on any atom is 0.435 e. The third-order valence-electron chi connectivity index (χ3n) is 5.91. The van der Waals surface area contributed by atoms with Crippen LogP contribution >= 0.6 is 0 Å². The normalized spacial score (nSPS) is 17.7. The van der Waals surface area contributed by atoms with E-state index in [9.17, 15) is 35.5 Å². The number of alkyl halides is 6. The van der Waals surface area contributed by atoms with E-state index in [0.717, 1.165) is 0 Å². The number of primary amides is 1. The molecule has 4 rings (SSSR count). The smallest absolute Gasteiger partial charge is 0.369 e. The molecule has 1 aliphatic rings. The fourth-order valence-corrected chi connectivity index (χ4v) is 4.18. The molecule has 1 saturated heterocycles. The number of hydrogen-bond acceptors (Lipinski definition) is 4. The van der Waals surface area contributed by atoms with Crippen LogP contribution in [0.25, 0.3) is 5.65 Å². The van der Waals surface area contributed by atoms with Crippen LogP contribution in [0.4, 0.5) is 41.3 Å². The SMILES string of the molecule is NC(=O)N1CC[C@H]([C@@H](CNc2cc(C(F)(F)F)nc3cc(C(F)(F)F)nn23)c2ccc(F)cc2)C1. The van der Waals surface area contributed by atoms with Gasteiger partial charge in [-0.25, -0.2) is 14.2 Å². The minimum atomic E-state index is -4.91. The highest BCUT2D eigenvalue weighted by atomic mass is 19.4. The number of halogens is 7. The highest BCUT2D eigenvalue weighted by Crippen LogP contribution is 2.35. The number of urea groups is 1. The van der Waals surface area contributed by atoms with Crippen molar-refractivity contribution in [3.05, 3.63) is 59.2 Å². The highest BCUT2D eigenvalue weighted by molar-refractivity contribution is 5.72. The number of anilines is 1. The van der Waals surface area contributed by atoms with Gasteiger partial charge in [-0.3, -0.25) is 0 Å². The highest BCUT2D eigenvalue weighted by Gasteiger charge is 2.38. The van der Waals surface area contributed by atoms with Crippen molar-refractivity contribution >= 4 is 17.5 Å². The van der Waals surface area contributed by atoms with E-state index in [-0.39, 0.29) is 24.8 Å². The van der Waals surface area contributed by atoms with Gasteiger partial charge in [0.05, 0.1) is 0 Å². The lowest BCUT2D eigenvalue weighted by molar-refractivity contribution is -0.142. The monoisotopic (exact) mass is 504 g/mol. The third-order valence-corrected chi connectivity index (χ3v) is 5.91. The largest absolute Gasteiger partial charge is 0.435 e. The number of fused-ring (bicyclic) bond motifs is 1. The van der Waals surface area contributed by atoms with E-state index in [2.05, 4.69) is 15.4 Å². The average Bonchev–Trinajstić information content (AvgIpc) is 3.42. The Morgan fingerprint density at radius 1 is 1.09 bits per heavy atom. The molecule has 3 heterocycles. The zero-order chi connectivity index (χ0) is 25.5. The zero-order valence-electron chi connectivity index (χ0n) is 17.9. The van der Waals surface area contributed by atoms with Crippen LogP contribution in [-0.2, 0) is 12.4 Å². The van der Waals surface area contributed by atoms with Gasteiger partial charge in [0.15, 0.2) is 17.0 Å². The first kappa shape index (κ1) is 24.5. The lowest BCUT2D eigenvalue weighted by Gasteiger charge is -2.25. The Labute approximate surface area is 193 Å². The lowest BCUT2D eigenvalue weighted by atomic mass is 9.85. The Morgan fingerprint density at radius 2 is 1.74 bits per heavy atom. The molecule has 1 fully saturated rings. The van der Waals surface area contributed by atoms with Gasteiger partial charge in [0.1, 0.15) is 11.6 Å². The van der Waals surface area contributed by atoms with Crippen LogP contribution in [-0.4, -0.2) is 45.2 Å². The summed E-state index contributed by atoms with van der Waals surface area (Å²) < 4.78 is 93.7. The fraction of sp³-hybridized carbons (Fsp3) is 0.381. The summed E-state index contributed by atoms with van der Waals surface area (Å²) in [5, 5.41) is 6.15. The molecular formula is C21H19F7N6O. The predicted molar refractivity (Wildman–Crippen MR) is 110 cm³/mol. The van der Waals surface area contributed by atoms with E-state index >= 15 is 0 Å². The molecule has 3 N–H and O–H groups in total. The molecule has 0 saturated carbocycles. The van der Waals surface area contributed by atoms with Gasteiger partial charge in [-0.15, -0.1) is 0 Å². The second kappa shape index (κ2) is 8.89. The summed E-state index contributed by atoms with van der Waals surface area (Å²) in [6.07, 6.45) is -9.28. The number of likely N-dealkylation sites (tertiary alicyclic amines) is 1. The molecule has 1 aliphatic heterocycles. The predicted octanol–water partition coefficient (Wildman–Crippen LogP) is 4.50. The van der Waals surface area contributed by atoms with Gasteiger partial charge < -0.3 is 16.0 Å². The quantitative estimate of drug-likeness (QED) is 0.501. The van der Waals surface area contributed by atoms with Gasteiger partial charge in [-0.05, 0) is 30.0 Å². The van der Waals surface area contributed by atoms with Gasteiger partial charge >= 0.3 is 18.4 Å². The molecule has 0 bridgehead atoms. The van der Waals surface area contributed by atoms with E-state index in [0.29, 0.717) is 35.2 Å². The minimum Gasteiger partial charge on any atom is -0.369 e. The minimum absolute atomic E-state index is 0.0411. The molecule has 0 aliphatic carbocycles. The number of amides is 2. The zero-order valence-corrected chi connectivity index (χ0v) is 17.9. The Hall–Kier alpha value is -3.58. The molecule has 0 spiro atoms. The molecule has 35 heavy (non-hydrogen) atoms. The number of nitrogens with one attached hydrogen (secondary N) is 1. The Bertz CT molecular complexity index is 1220. The molecule has 2 amide bonds. The molecular weight excluding hydrogens is 485 g/mol. The van der Waals surface area contributed by atoms with Crippen LogP contribution in [0.1, 0.15) is 29.3 Å². The maximum atomic E-state index is 13.5. The van der Waals surface area contributed by atoms with Crippen LogP contribution in [0.3, 0.4) is 0 Å². The van der Waals surface area contributed by atoms with Crippen LogP contribution in [0.2, 0.25) is 0 Å². The van der Waals surface area contributed by atoms with E-state index in [1.165, 1.54) is 29.2 Å². The molecule has 188 valence electrons. The van der Waals surface area contributed by atoms with Gasteiger partial charge in [-0.1, -0.05) is 12.1 Å². The van der Waals surface area contributed by atoms with Crippen LogP contribution in [0.15, 0.2) is 36.4 Å². The second-order valence-corrected chi connectivity index (χ2v) is 8.19. The molecule has 7 nitrogen and oxygen atoms in total. The molecule has 2 aromatic heterocycles. The first-order chi connectivity index (χ1) is 16.3. The first-order valence-corrected chi connectivity index (χ1v) is 10.4. The molecule has 0 unspecified atom stereocenters. The molecule has 14 heteroatoms. The first-order valence-electron chi connectivity index (χ1n) is 10.4. The second-order valence-electron chi connectivity index (χ2n) is 8.19. The Kier molecular flexibility index (Phi) is 6.23. The van der Waals surface area contributed by atoms with Gasteiger partial charge in [0.25, 0.3) is 0 Å². The van der Waals surface area contributed by atoms with E-state index < -0.39 is 47.2 Å². The summed E-state index contributed by atoms with van der Waals surface area (Å²) in [7, 11) is 0. The van der Waals surface area contributed by atoms with Crippen molar-refractivity contribution in [1.82, 2.24) is 19.5 Å². The number of nitrogens with zero attached hydrogens (tertiary/aromatic N) is 4. The van der Waals surface area contributed by atoms with Crippen LogP contribution in [0, 0.1) is 11.7 Å². The number of aromatic nitrogens is 3. The summed E-state index contributed by atoms with van der Waals surface area (Å²) in [5.41, 5.74) is 2.57. The van der Waals surface area contributed by atoms with Crippen LogP contribution < -0.4 is 11.1 Å². The maximum absolute atomic E-state index is 13.5. The standard InChI is InChI=1S/C21H19F7N6O/c22-13-3-1-11(2-4-13)14(12-5-6-33(10-12)19(29)35)9-30-17-7-15(20(23,24)25)31-18-8-16(21(26,27)28)32-34(17)18/h1-4,7-8,12,14,30H,5-6,9-10H2,(H2,29,35)/t12-,14-/m0/s1. The Balaban J connectivity index is 1.70. The topological polar surface area (TPSA) is 88.5 Å². The molecule has 0 radical (unpaired) electrons. The summed E-state index contributed by atoms with van der Waals surface area (Å²) in [6.45, 7) is 0.586. The van der Waals surface area contributed by atoms with Crippen molar-refractivity contribution in [3.63, 3.8) is 0 Å².